The lowest BCUT2D eigenvalue weighted by molar-refractivity contribution is -0.137. The van der Waals surface area contributed by atoms with E-state index in [1.165, 1.54) is 19.0 Å². The van der Waals surface area contributed by atoms with Gasteiger partial charge in [0.05, 0.1) is 17.4 Å². The zero-order valence-corrected chi connectivity index (χ0v) is 16.8. The number of alkyl halides is 3. The summed E-state index contributed by atoms with van der Waals surface area (Å²) in [5.41, 5.74) is -1.15. The van der Waals surface area contributed by atoms with E-state index in [9.17, 15) is 18.0 Å². The molecule has 0 amide bonds. The normalized spacial score (nSPS) is 16.2. The molecule has 0 atom stereocenters. The molecule has 2 aromatic rings. The molecule has 6 nitrogen and oxygen atoms in total. The standard InChI is InChI=1S/C19H23ClF3N5O/c1-13-5-9-27(10-6-13)8-2-7-24-15-12-26-28(18(29)17(15)20)16-4-3-14(11-25-16)19(21,22)23/h3-4,11-13,24H,2,5-10H2,1H3. The van der Waals surface area contributed by atoms with Gasteiger partial charge in [-0.3, -0.25) is 4.79 Å². The fourth-order valence-electron chi connectivity index (χ4n) is 3.21. The van der Waals surface area contributed by atoms with Gasteiger partial charge in [-0.15, -0.1) is 0 Å². The van der Waals surface area contributed by atoms with E-state index in [2.05, 4.69) is 27.2 Å². The van der Waals surface area contributed by atoms with Gasteiger partial charge in [0.1, 0.15) is 5.02 Å². The molecule has 0 bridgehead atoms. The van der Waals surface area contributed by atoms with Crippen LogP contribution in [-0.4, -0.2) is 45.8 Å². The van der Waals surface area contributed by atoms with E-state index < -0.39 is 17.3 Å². The lowest BCUT2D eigenvalue weighted by atomic mass is 9.99. The van der Waals surface area contributed by atoms with E-state index in [0.29, 0.717) is 18.4 Å². The highest BCUT2D eigenvalue weighted by molar-refractivity contribution is 6.32. The number of nitrogens with one attached hydrogen (secondary N) is 1. The van der Waals surface area contributed by atoms with Gasteiger partial charge in [0.2, 0.25) is 0 Å². The Hall–Kier alpha value is -2.13. The summed E-state index contributed by atoms with van der Waals surface area (Å²) >= 11 is 6.14. The van der Waals surface area contributed by atoms with Crippen LogP contribution < -0.4 is 10.9 Å². The molecule has 2 aromatic heterocycles. The molecule has 0 radical (unpaired) electrons. The third-order valence-corrected chi connectivity index (χ3v) is 5.42. The Balaban J connectivity index is 1.60. The Bertz CT molecular complexity index is 877. The number of likely N-dealkylation sites (tertiary alicyclic amines) is 1. The third kappa shape index (κ3) is 5.48. The minimum absolute atomic E-state index is 0.0317. The lowest BCUT2D eigenvalue weighted by Gasteiger charge is -2.30. The van der Waals surface area contributed by atoms with E-state index in [1.54, 1.807) is 0 Å². The first kappa shape index (κ1) is 21.6. The van der Waals surface area contributed by atoms with Crippen molar-refractivity contribution >= 4 is 17.3 Å². The van der Waals surface area contributed by atoms with Gasteiger partial charge in [-0.2, -0.15) is 23.0 Å². The van der Waals surface area contributed by atoms with Crippen LogP contribution in [0.1, 0.15) is 31.7 Å². The summed E-state index contributed by atoms with van der Waals surface area (Å²) in [5, 5.41) is 7.01. The highest BCUT2D eigenvalue weighted by Crippen LogP contribution is 2.28. The van der Waals surface area contributed by atoms with Crippen molar-refractivity contribution in [2.75, 3.05) is 31.5 Å². The fraction of sp³-hybridized carbons (Fsp3) is 0.526. The number of nitrogens with zero attached hydrogens (tertiary/aromatic N) is 4. The van der Waals surface area contributed by atoms with Crippen LogP contribution in [0.2, 0.25) is 5.02 Å². The monoisotopic (exact) mass is 429 g/mol. The number of anilines is 1. The maximum Gasteiger partial charge on any atom is 0.417 e. The predicted octanol–water partition coefficient (Wildman–Crippen LogP) is 3.83. The number of hydrogen-bond donors (Lipinski definition) is 1. The van der Waals surface area contributed by atoms with E-state index in [4.69, 9.17) is 11.6 Å². The molecule has 1 saturated heterocycles. The summed E-state index contributed by atoms with van der Waals surface area (Å²) in [6, 6.07) is 1.93. The molecular formula is C19H23ClF3N5O. The molecule has 0 aromatic carbocycles. The quantitative estimate of drug-likeness (QED) is 0.707. The zero-order chi connectivity index (χ0) is 21.0. The molecule has 158 valence electrons. The first-order valence-electron chi connectivity index (χ1n) is 9.53. The summed E-state index contributed by atoms with van der Waals surface area (Å²) in [5.74, 6) is 0.760. The van der Waals surface area contributed by atoms with Gasteiger partial charge in [-0.05, 0) is 56.9 Å². The molecule has 1 N–H and O–H groups in total. The summed E-state index contributed by atoms with van der Waals surface area (Å²) in [6.07, 6.45) is 0.880. The third-order valence-electron chi connectivity index (χ3n) is 5.05. The largest absolute Gasteiger partial charge is 0.417 e. The average Bonchev–Trinajstić information content (AvgIpc) is 2.69. The van der Waals surface area contributed by atoms with Crippen molar-refractivity contribution in [3.63, 3.8) is 0 Å². The van der Waals surface area contributed by atoms with Crippen molar-refractivity contribution < 1.29 is 13.2 Å². The molecule has 0 unspecified atom stereocenters. The lowest BCUT2D eigenvalue weighted by Crippen LogP contribution is -2.34. The number of piperidine rings is 1. The number of halogens is 4. The van der Waals surface area contributed by atoms with E-state index in [-0.39, 0.29) is 10.8 Å². The van der Waals surface area contributed by atoms with Crippen LogP contribution >= 0.6 is 11.6 Å². The zero-order valence-electron chi connectivity index (χ0n) is 16.0. The molecular weight excluding hydrogens is 407 g/mol. The molecule has 0 saturated carbocycles. The Morgan fingerprint density at radius 1 is 1.24 bits per heavy atom. The van der Waals surface area contributed by atoms with Crippen molar-refractivity contribution in [1.82, 2.24) is 19.7 Å². The first-order chi connectivity index (χ1) is 13.8. The molecule has 10 heteroatoms. The van der Waals surface area contributed by atoms with Crippen LogP contribution in [0, 0.1) is 5.92 Å². The van der Waals surface area contributed by atoms with Gasteiger partial charge in [0.15, 0.2) is 5.82 Å². The van der Waals surface area contributed by atoms with Crippen LogP contribution in [-0.2, 0) is 6.18 Å². The highest BCUT2D eigenvalue weighted by Gasteiger charge is 2.30. The second kappa shape index (κ2) is 9.13. The van der Waals surface area contributed by atoms with Crippen molar-refractivity contribution in [1.29, 1.82) is 0 Å². The summed E-state index contributed by atoms with van der Waals surface area (Å²) < 4.78 is 38.8. The first-order valence-corrected chi connectivity index (χ1v) is 9.91. The molecule has 1 aliphatic heterocycles. The summed E-state index contributed by atoms with van der Waals surface area (Å²) in [4.78, 5) is 18.5. The van der Waals surface area contributed by atoms with Crippen LogP contribution in [0.3, 0.4) is 0 Å². The van der Waals surface area contributed by atoms with Crippen LogP contribution in [0.5, 0.6) is 0 Å². The maximum atomic E-state index is 12.6. The Morgan fingerprint density at radius 2 is 1.97 bits per heavy atom. The minimum Gasteiger partial charge on any atom is -0.382 e. The Kier molecular flexibility index (Phi) is 6.79. The van der Waals surface area contributed by atoms with Crippen molar-refractivity contribution in [3.8, 4) is 5.82 Å². The van der Waals surface area contributed by atoms with Gasteiger partial charge in [-0.1, -0.05) is 18.5 Å². The molecule has 1 aliphatic rings. The molecule has 0 spiro atoms. The molecule has 3 heterocycles. The van der Waals surface area contributed by atoms with Gasteiger partial charge in [-0.25, -0.2) is 4.98 Å². The predicted molar refractivity (Wildman–Crippen MR) is 106 cm³/mol. The number of pyridine rings is 1. The fourth-order valence-corrected chi connectivity index (χ4v) is 3.41. The summed E-state index contributed by atoms with van der Waals surface area (Å²) in [6.45, 7) is 6.10. The molecule has 1 fully saturated rings. The smallest absolute Gasteiger partial charge is 0.382 e. The average molecular weight is 430 g/mol. The topological polar surface area (TPSA) is 63.1 Å². The van der Waals surface area contributed by atoms with Gasteiger partial charge >= 0.3 is 6.18 Å². The molecule has 29 heavy (non-hydrogen) atoms. The second-order valence-corrected chi connectivity index (χ2v) is 7.67. The summed E-state index contributed by atoms with van der Waals surface area (Å²) in [7, 11) is 0. The SMILES string of the molecule is CC1CCN(CCCNc2cnn(-c3ccc(C(F)(F)F)cn3)c(=O)c2Cl)CC1. The van der Waals surface area contributed by atoms with Crippen molar-refractivity contribution in [2.45, 2.75) is 32.4 Å². The van der Waals surface area contributed by atoms with Crippen LogP contribution in [0.4, 0.5) is 18.9 Å². The minimum atomic E-state index is -4.50. The van der Waals surface area contributed by atoms with E-state index >= 15 is 0 Å². The Morgan fingerprint density at radius 3 is 2.59 bits per heavy atom. The Labute approximate surface area is 171 Å². The van der Waals surface area contributed by atoms with E-state index in [1.807, 2.05) is 0 Å². The number of aromatic nitrogens is 3. The second-order valence-electron chi connectivity index (χ2n) is 7.30. The van der Waals surface area contributed by atoms with Crippen molar-refractivity contribution in [2.24, 2.45) is 5.92 Å². The molecule has 0 aliphatic carbocycles. The van der Waals surface area contributed by atoms with E-state index in [0.717, 1.165) is 48.8 Å². The van der Waals surface area contributed by atoms with Crippen molar-refractivity contribution in [3.05, 3.63) is 45.5 Å². The van der Waals surface area contributed by atoms with Gasteiger partial charge < -0.3 is 10.2 Å². The maximum absolute atomic E-state index is 12.6. The highest BCUT2D eigenvalue weighted by atomic mass is 35.5. The van der Waals surface area contributed by atoms with Gasteiger partial charge in [0.25, 0.3) is 5.56 Å². The van der Waals surface area contributed by atoms with Gasteiger partial charge in [0, 0.05) is 12.7 Å². The number of hydrogen-bond acceptors (Lipinski definition) is 5. The molecule has 3 rings (SSSR count). The number of rotatable bonds is 6. The van der Waals surface area contributed by atoms with Crippen LogP contribution in [0.15, 0.2) is 29.3 Å². The van der Waals surface area contributed by atoms with Crippen LogP contribution in [0.25, 0.3) is 5.82 Å².